The smallest absolute Gasteiger partial charge is 0.228 e. The van der Waals surface area contributed by atoms with Crippen LogP contribution in [0.2, 0.25) is 0 Å². The monoisotopic (exact) mass is 697 g/mol. The lowest BCUT2D eigenvalue weighted by Crippen LogP contribution is -2.00. The first-order valence-corrected chi connectivity index (χ1v) is 18.3. The van der Waals surface area contributed by atoms with Gasteiger partial charge in [-0.2, -0.15) is 0 Å². The van der Waals surface area contributed by atoms with Crippen LogP contribution in [0.4, 0.5) is 0 Å². The summed E-state index contributed by atoms with van der Waals surface area (Å²) < 4.78 is 10.8. The number of thiophene rings is 1. The van der Waals surface area contributed by atoms with E-state index in [9.17, 15) is 0 Å². The molecule has 11 aromatic rings. The average Bonchev–Trinajstić information content (AvgIpc) is 3.93. The molecular formula is C46H27N5OS. The number of para-hydroxylation sites is 4. The molecule has 7 aromatic carbocycles. The fourth-order valence-electron chi connectivity index (χ4n) is 7.50. The largest absolute Gasteiger partial charge is 0.436 e. The van der Waals surface area contributed by atoms with Crippen molar-refractivity contribution in [3.63, 3.8) is 0 Å². The van der Waals surface area contributed by atoms with Gasteiger partial charge in [-0.1, -0.05) is 103 Å². The zero-order valence-electron chi connectivity index (χ0n) is 28.1. The summed E-state index contributed by atoms with van der Waals surface area (Å²) >= 11 is 1.73. The van der Waals surface area contributed by atoms with Crippen molar-refractivity contribution >= 4 is 64.4 Å². The molecule has 248 valence electrons. The maximum absolute atomic E-state index is 6.25. The molecule has 4 aromatic heterocycles. The minimum Gasteiger partial charge on any atom is -0.436 e. The second kappa shape index (κ2) is 11.8. The average molecular weight is 698 g/mol. The van der Waals surface area contributed by atoms with E-state index in [0.717, 1.165) is 75.6 Å². The van der Waals surface area contributed by atoms with Crippen LogP contribution in [-0.2, 0) is 0 Å². The van der Waals surface area contributed by atoms with Crippen molar-refractivity contribution in [1.29, 1.82) is 0 Å². The SMILES string of the molecule is c1ccc(-c2nc(-c3ccc4c(c3)c3ccccc3n4-c3ccccc3)nc(-c3cccc4sc5c(-c6nc7ccccc7o6)cccc5c34)n2)cc1. The third-order valence-electron chi connectivity index (χ3n) is 9.90. The first kappa shape index (κ1) is 29.7. The van der Waals surface area contributed by atoms with Gasteiger partial charge in [-0.3, -0.25) is 0 Å². The lowest BCUT2D eigenvalue weighted by atomic mass is 10.0. The summed E-state index contributed by atoms with van der Waals surface area (Å²) in [5, 5.41) is 4.53. The van der Waals surface area contributed by atoms with Crippen molar-refractivity contribution in [2.45, 2.75) is 0 Å². The van der Waals surface area contributed by atoms with Gasteiger partial charge < -0.3 is 8.98 Å². The Labute approximate surface area is 307 Å². The number of hydrogen-bond acceptors (Lipinski definition) is 6. The van der Waals surface area contributed by atoms with Crippen LogP contribution in [-0.4, -0.2) is 24.5 Å². The molecule has 0 spiro atoms. The van der Waals surface area contributed by atoms with Crippen LogP contribution >= 0.6 is 11.3 Å². The molecule has 11 rings (SSSR count). The Morgan fingerprint density at radius 2 is 1.15 bits per heavy atom. The molecule has 0 saturated carbocycles. The summed E-state index contributed by atoms with van der Waals surface area (Å²) in [6, 6.07) is 56.3. The lowest BCUT2D eigenvalue weighted by molar-refractivity contribution is 0.621. The predicted octanol–water partition coefficient (Wildman–Crippen LogP) is 12.1. The lowest BCUT2D eigenvalue weighted by Gasteiger charge is -2.10. The van der Waals surface area contributed by atoms with Crippen LogP contribution in [0.1, 0.15) is 0 Å². The molecule has 0 bridgehead atoms. The second-order valence-electron chi connectivity index (χ2n) is 13.0. The molecule has 0 aliphatic carbocycles. The number of hydrogen-bond donors (Lipinski definition) is 0. The minimum atomic E-state index is 0.614. The van der Waals surface area contributed by atoms with E-state index >= 15 is 0 Å². The van der Waals surface area contributed by atoms with Crippen LogP contribution < -0.4 is 0 Å². The third-order valence-corrected chi connectivity index (χ3v) is 11.1. The Morgan fingerprint density at radius 3 is 2.02 bits per heavy atom. The second-order valence-corrected chi connectivity index (χ2v) is 14.1. The van der Waals surface area contributed by atoms with Gasteiger partial charge in [-0.15, -0.1) is 11.3 Å². The van der Waals surface area contributed by atoms with Crippen LogP contribution in [0.25, 0.3) is 104 Å². The molecule has 0 atom stereocenters. The number of rotatable bonds is 5. The first-order chi connectivity index (χ1) is 26.3. The number of benzene rings is 7. The van der Waals surface area contributed by atoms with Gasteiger partial charge in [0, 0.05) is 53.3 Å². The van der Waals surface area contributed by atoms with E-state index in [0.29, 0.717) is 23.4 Å². The highest BCUT2D eigenvalue weighted by molar-refractivity contribution is 7.26. The van der Waals surface area contributed by atoms with E-state index in [4.69, 9.17) is 24.4 Å². The van der Waals surface area contributed by atoms with E-state index in [2.05, 4.69) is 114 Å². The van der Waals surface area contributed by atoms with E-state index < -0.39 is 0 Å². The van der Waals surface area contributed by atoms with Crippen LogP contribution in [0.15, 0.2) is 168 Å². The van der Waals surface area contributed by atoms with Gasteiger partial charge in [0.1, 0.15) is 5.52 Å². The molecule has 0 radical (unpaired) electrons. The minimum absolute atomic E-state index is 0.614. The number of oxazole rings is 1. The highest BCUT2D eigenvalue weighted by Crippen LogP contribution is 2.44. The molecule has 0 N–H and O–H groups in total. The van der Waals surface area contributed by atoms with Crippen molar-refractivity contribution < 1.29 is 4.42 Å². The van der Waals surface area contributed by atoms with Gasteiger partial charge >= 0.3 is 0 Å². The number of nitrogens with zero attached hydrogens (tertiary/aromatic N) is 5. The van der Waals surface area contributed by atoms with Crippen LogP contribution in [0.5, 0.6) is 0 Å². The molecule has 0 saturated heterocycles. The molecule has 0 amide bonds. The van der Waals surface area contributed by atoms with Gasteiger partial charge in [-0.25, -0.2) is 19.9 Å². The molecule has 53 heavy (non-hydrogen) atoms. The molecular weight excluding hydrogens is 671 g/mol. The standard InChI is InChI=1S/C46H27N5OS/c1-3-13-28(14-4-1)43-48-44(29-25-26-38-35(27-29)31-17-7-9-22-37(31)51(38)30-15-5-2-6-16-30)50-45(49-43)33-19-12-24-40-41(33)32-18-11-20-34(42(32)53-40)46-47-36-21-8-10-23-39(36)52-46/h1-27H. The van der Waals surface area contributed by atoms with E-state index in [1.165, 1.54) is 5.39 Å². The first-order valence-electron chi connectivity index (χ1n) is 17.5. The summed E-state index contributed by atoms with van der Waals surface area (Å²) in [5.41, 5.74) is 8.79. The van der Waals surface area contributed by atoms with Crippen molar-refractivity contribution in [3.8, 4) is 51.3 Å². The Balaban J connectivity index is 1.13. The number of aromatic nitrogens is 5. The Bertz CT molecular complexity index is 3150. The zero-order valence-corrected chi connectivity index (χ0v) is 29.0. The molecule has 7 heteroatoms. The third kappa shape index (κ3) is 4.79. The van der Waals surface area contributed by atoms with Gasteiger partial charge in [0.15, 0.2) is 23.1 Å². The topological polar surface area (TPSA) is 69.6 Å². The fraction of sp³-hybridized carbons (Fsp3) is 0. The fourth-order valence-corrected chi connectivity index (χ4v) is 8.73. The maximum atomic E-state index is 6.25. The summed E-state index contributed by atoms with van der Waals surface area (Å²) in [7, 11) is 0. The highest BCUT2D eigenvalue weighted by atomic mass is 32.1. The van der Waals surface area contributed by atoms with Gasteiger partial charge in [-0.05, 0) is 60.7 Å². The summed E-state index contributed by atoms with van der Waals surface area (Å²) in [6.07, 6.45) is 0. The Kier molecular flexibility index (Phi) is 6.62. The number of fused-ring (bicyclic) bond motifs is 7. The molecule has 0 aliphatic heterocycles. The van der Waals surface area contributed by atoms with Gasteiger partial charge in [0.25, 0.3) is 0 Å². The predicted molar refractivity (Wildman–Crippen MR) is 216 cm³/mol. The summed E-state index contributed by atoms with van der Waals surface area (Å²) in [4.78, 5) is 20.3. The van der Waals surface area contributed by atoms with Gasteiger partial charge in [0.2, 0.25) is 5.89 Å². The Hall–Kier alpha value is -6.96. The Morgan fingerprint density at radius 1 is 0.472 bits per heavy atom. The van der Waals surface area contributed by atoms with Crippen LogP contribution in [0, 0.1) is 0 Å². The molecule has 0 unspecified atom stereocenters. The normalized spacial score (nSPS) is 11.8. The maximum Gasteiger partial charge on any atom is 0.228 e. The van der Waals surface area contributed by atoms with Gasteiger partial charge in [0.05, 0.1) is 16.6 Å². The van der Waals surface area contributed by atoms with Crippen LogP contribution in [0.3, 0.4) is 0 Å². The van der Waals surface area contributed by atoms with Crippen molar-refractivity contribution in [1.82, 2.24) is 24.5 Å². The van der Waals surface area contributed by atoms with E-state index in [1.807, 2.05) is 54.6 Å². The molecule has 0 fully saturated rings. The summed E-state index contributed by atoms with van der Waals surface area (Å²) in [6.45, 7) is 0. The van der Waals surface area contributed by atoms with E-state index in [-0.39, 0.29) is 0 Å². The highest BCUT2D eigenvalue weighted by Gasteiger charge is 2.21. The summed E-state index contributed by atoms with van der Waals surface area (Å²) in [5.74, 6) is 2.48. The molecule has 0 aliphatic rings. The molecule has 4 heterocycles. The van der Waals surface area contributed by atoms with Crippen molar-refractivity contribution in [2.75, 3.05) is 0 Å². The van der Waals surface area contributed by atoms with Crippen molar-refractivity contribution in [2.24, 2.45) is 0 Å². The molecule has 6 nitrogen and oxygen atoms in total. The van der Waals surface area contributed by atoms with Crippen molar-refractivity contribution in [3.05, 3.63) is 164 Å². The quantitative estimate of drug-likeness (QED) is 0.179. The zero-order chi connectivity index (χ0) is 34.9. The van der Waals surface area contributed by atoms with E-state index in [1.54, 1.807) is 11.3 Å².